The van der Waals surface area contributed by atoms with Crippen LogP contribution in [0.1, 0.15) is 51.4 Å². The molecule has 2 aliphatic heterocycles. The summed E-state index contributed by atoms with van der Waals surface area (Å²) >= 11 is 2.06. The molecule has 182 valence electrons. The first-order chi connectivity index (χ1) is 16.8. The zero-order chi connectivity index (χ0) is 23.2. The highest BCUT2D eigenvalue weighted by Crippen LogP contribution is 2.41. The molecule has 34 heavy (non-hydrogen) atoms. The van der Waals surface area contributed by atoms with Crippen molar-refractivity contribution < 1.29 is 19.0 Å². The molecule has 2 fully saturated rings. The number of benzene rings is 2. The molecule has 3 aliphatic rings. The predicted molar refractivity (Wildman–Crippen MR) is 137 cm³/mol. The molecule has 1 saturated heterocycles. The number of ether oxygens (including phenoxy) is 3. The van der Waals surface area contributed by atoms with Crippen LogP contribution in [0.4, 0.5) is 5.69 Å². The Bertz CT molecular complexity index is 945. The fourth-order valence-electron chi connectivity index (χ4n) is 5.50. The number of hydrogen-bond donors (Lipinski definition) is 0. The lowest BCUT2D eigenvalue weighted by molar-refractivity contribution is -0.120. The Kier molecular flexibility index (Phi) is 7.84. The molecule has 2 aromatic carbocycles. The van der Waals surface area contributed by atoms with Crippen molar-refractivity contribution in [3.63, 3.8) is 0 Å². The summed E-state index contributed by atoms with van der Waals surface area (Å²) in [6.45, 7) is 0.958. The molecule has 2 atom stereocenters. The van der Waals surface area contributed by atoms with E-state index in [1.165, 1.54) is 57.1 Å². The quantitative estimate of drug-likeness (QED) is 0.464. The Morgan fingerprint density at radius 2 is 1.71 bits per heavy atom. The number of thioether (sulfide) groups is 1. The molecule has 2 unspecified atom stereocenters. The molecule has 0 N–H and O–H groups in total. The van der Waals surface area contributed by atoms with Gasteiger partial charge >= 0.3 is 0 Å². The Morgan fingerprint density at radius 3 is 2.53 bits per heavy atom. The van der Waals surface area contributed by atoms with Crippen molar-refractivity contribution in [2.75, 3.05) is 30.6 Å². The smallest absolute Gasteiger partial charge is 0.264 e. The summed E-state index contributed by atoms with van der Waals surface area (Å²) < 4.78 is 16.7. The third-order valence-corrected chi connectivity index (χ3v) is 8.82. The molecule has 0 bridgehead atoms. The Labute approximate surface area is 207 Å². The highest BCUT2D eigenvalue weighted by atomic mass is 32.2. The van der Waals surface area contributed by atoms with Gasteiger partial charge in [0.1, 0.15) is 5.75 Å². The number of fused-ring (bicyclic) bond motifs is 1. The molecule has 0 radical (unpaired) electrons. The van der Waals surface area contributed by atoms with Gasteiger partial charge in [-0.05, 0) is 48.3 Å². The number of para-hydroxylation sites is 1. The minimum Gasteiger partial charge on any atom is -0.484 e. The summed E-state index contributed by atoms with van der Waals surface area (Å²) in [6.07, 6.45) is 11.0. The number of rotatable bonds is 7. The molecule has 6 heteroatoms. The second-order valence-corrected chi connectivity index (χ2v) is 11.0. The van der Waals surface area contributed by atoms with Crippen LogP contribution >= 0.6 is 11.8 Å². The number of carbonyl (C=O) groups is 1. The van der Waals surface area contributed by atoms with Gasteiger partial charge in [0.15, 0.2) is 18.1 Å². The average molecular weight is 482 g/mol. The maximum atomic E-state index is 13.3. The van der Waals surface area contributed by atoms with Crippen molar-refractivity contribution >= 4 is 23.4 Å². The molecular formula is C28H35NO4S. The lowest BCUT2D eigenvalue weighted by Gasteiger charge is -2.27. The van der Waals surface area contributed by atoms with Crippen molar-refractivity contribution in [2.24, 2.45) is 11.8 Å². The fourth-order valence-corrected chi connectivity index (χ4v) is 7.07. The third-order valence-electron chi connectivity index (χ3n) is 7.39. The van der Waals surface area contributed by atoms with Crippen LogP contribution in [0.15, 0.2) is 48.5 Å². The summed E-state index contributed by atoms with van der Waals surface area (Å²) in [5.74, 6) is 4.87. The van der Waals surface area contributed by atoms with Gasteiger partial charge in [-0.25, -0.2) is 0 Å². The van der Waals surface area contributed by atoms with E-state index in [0.29, 0.717) is 22.5 Å². The predicted octanol–water partition coefficient (Wildman–Crippen LogP) is 6.31. The first-order valence-electron chi connectivity index (χ1n) is 12.8. The van der Waals surface area contributed by atoms with Crippen molar-refractivity contribution in [3.05, 3.63) is 48.5 Å². The molecule has 5 nitrogen and oxygen atoms in total. The van der Waals surface area contributed by atoms with Crippen LogP contribution in [0.5, 0.6) is 17.2 Å². The fraction of sp³-hybridized carbons (Fsp3) is 0.536. The van der Waals surface area contributed by atoms with Crippen LogP contribution in [0.25, 0.3) is 0 Å². The second kappa shape index (κ2) is 11.4. The van der Waals surface area contributed by atoms with Crippen LogP contribution < -0.4 is 19.1 Å². The van der Waals surface area contributed by atoms with E-state index in [-0.39, 0.29) is 19.3 Å². The summed E-state index contributed by atoms with van der Waals surface area (Å²) in [7, 11) is 0. The van der Waals surface area contributed by atoms with E-state index in [4.69, 9.17) is 14.2 Å². The highest BCUT2D eigenvalue weighted by Gasteiger charge is 2.33. The Morgan fingerprint density at radius 1 is 0.941 bits per heavy atom. The van der Waals surface area contributed by atoms with Crippen LogP contribution in [-0.4, -0.2) is 36.9 Å². The first-order valence-corrected chi connectivity index (χ1v) is 13.8. The summed E-state index contributed by atoms with van der Waals surface area (Å²) in [5.41, 5.74) is 0.941. The Hall–Kier alpha value is -2.34. The van der Waals surface area contributed by atoms with Crippen molar-refractivity contribution in [1.29, 1.82) is 0 Å². The average Bonchev–Trinajstić information content (AvgIpc) is 3.50. The van der Waals surface area contributed by atoms with Crippen LogP contribution in [0, 0.1) is 11.8 Å². The van der Waals surface area contributed by atoms with E-state index in [1.54, 1.807) is 6.07 Å². The topological polar surface area (TPSA) is 48.0 Å². The van der Waals surface area contributed by atoms with Gasteiger partial charge in [0.25, 0.3) is 5.91 Å². The lowest BCUT2D eigenvalue weighted by Crippen LogP contribution is -2.39. The largest absolute Gasteiger partial charge is 0.484 e. The minimum absolute atomic E-state index is 0.00201. The molecule has 2 aromatic rings. The molecule has 1 saturated carbocycles. The Balaban J connectivity index is 1.21. The van der Waals surface area contributed by atoms with Crippen LogP contribution in [0.2, 0.25) is 0 Å². The molecule has 1 amide bonds. The third kappa shape index (κ3) is 5.83. The number of hydrogen-bond acceptors (Lipinski definition) is 5. The van der Waals surface area contributed by atoms with Gasteiger partial charge in [-0.15, -0.1) is 0 Å². The molecule has 5 rings (SSSR count). The van der Waals surface area contributed by atoms with Gasteiger partial charge in [-0.3, -0.25) is 4.79 Å². The molecule has 1 aliphatic carbocycles. The maximum absolute atomic E-state index is 13.3. The van der Waals surface area contributed by atoms with Crippen molar-refractivity contribution in [3.8, 4) is 17.2 Å². The normalized spacial score (nSPS) is 22.7. The number of amides is 1. The first kappa shape index (κ1) is 23.4. The number of nitrogens with zero attached hydrogens (tertiary/aromatic N) is 1. The van der Waals surface area contributed by atoms with Gasteiger partial charge in [0.05, 0.1) is 0 Å². The zero-order valence-electron chi connectivity index (χ0n) is 19.8. The van der Waals surface area contributed by atoms with E-state index in [9.17, 15) is 4.79 Å². The van der Waals surface area contributed by atoms with E-state index in [2.05, 4.69) is 11.8 Å². The number of anilines is 1. The standard InChI is InChI=1S/C28H35NO4S/c30-28(18-31-24-13-14-26-27(16-24)33-20-32-26)29(23-11-7-4-8-12-23)17-25-15-22(19-34-25)21-9-5-2-1-3-6-10-21/h4,7-8,11-14,16,21-22,25H,1-3,5-6,9-10,15,17-20H2. The van der Waals surface area contributed by atoms with E-state index < -0.39 is 0 Å². The van der Waals surface area contributed by atoms with Gasteiger partial charge in [0.2, 0.25) is 6.79 Å². The van der Waals surface area contributed by atoms with E-state index in [1.807, 2.05) is 47.4 Å². The second-order valence-electron chi connectivity index (χ2n) is 9.70. The van der Waals surface area contributed by atoms with E-state index in [0.717, 1.165) is 24.1 Å². The van der Waals surface area contributed by atoms with Gasteiger partial charge < -0.3 is 19.1 Å². The lowest BCUT2D eigenvalue weighted by atomic mass is 9.81. The van der Waals surface area contributed by atoms with E-state index >= 15 is 0 Å². The zero-order valence-corrected chi connectivity index (χ0v) is 20.6. The highest BCUT2D eigenvalue weighted by molar-refractivity contribution is 8.00. The SMILES string of the molecule is O=C(COc1ccc2c(c1)OCO2)N(CC1CC(C2CCCCCCC2)CS1)c1ccccc1. The minimum atomic E-state index is -0.0149. The molecule has 0 aromatic heterocycles. The van der Waals surface area contributed by atoms with Gasteiger partial charge in [-0.1, -0.05) is 63.1 Å². The van der Waals surface area contributed by atoms with Crippen molar-refractivity contribution in [2.45, 2.75) is 56.6 Å². The van der Waals surface area contributed by atoms with Crippen LogP contribution in [-0.2, 0) is 4.79 Å². The summed E-state index contributed by atoms with van der Waals surface area (Å²) in [6, 6.07) is 15.4. The maximum Gasteiger partial charge on any atom is 0.264 e. The molecule has 0 spiro atoms. The van der Waals surface area contributed by atoms with Gasteiger partial charge in [0, 0.05) is 23.5 Å². The molecule has 2 heterocycles. The number of carbonyl (C=O) groups excluding carboxylic acids is 1. The summed E-state index contributed by atoms with van der Waals surface area (Å²) in [5, 5.41) is 0.477. The summed E-state index contributed by atoms with van der Waals surface area (Å²) in [4.78, 5) is 15.3. The monoisotopic (exact) mass is 481 g/mol. The van der Waals surface area contributed by atoms with Gasteiger partial charge in [-0.2, -0.15) is 11.8 Å². The van der Waals surface area contributed by atoms with Crippen LogP contribution in [0.3, 0.4) is 0 Å². The molecular weight excluding hydrogens is 446 g/mol. The van der Waals surface area contributed by atoms with Crippen molar-refractivity contribution in [1.82, 2.24) is 0 Å².